The molecule has 1 amide bonds. The second-order valence-corrected chi connectivity index (χ2v) is 6.98. The number of hydrogen-bond acceptors (Lipinski definition) is 8. The first kappa shape index (κ1) is 19.1. The molecule has 138 valence electrons. The van der Waals surface area contributed by atoms with Crippen LogP contribution in [0.5, 0.6) is 11.5 Å². The molecule has 0 saturated carbocycles. The number of benzene rings is 1. The van der Waals surface area contributed by atoms with Crippen molar-refractivity contribution in [1.82, 2.24) is 5.32 Å². The Morgan fingerprint density at radius 3 is 2.76 bits per heavy atom. The maximum absolute atomic E-state index is 11.4. The second kappa shape index (κ2) is 8.77. The molecular weight excluding hydrogens is 350 g/mol. The third kappa shape index (κ3) is 5.40. The average molecular weight is 371 g/mol. The van der Waals surface area contributed by atoms with Gasteiger partial charge in [0.25, 0.3) is 5.69 Å². The summed E-state index contributed by atoms with van der Waals surface area (Å²) >= 11 is 1.44. The van der Waals surface area contributed by atoms with Crippen LogP contribution in [0.2, 0.25) is 0 Å². The van der Waals surface area contributed by atoms with Crippen LogP contribution in [-0.4, -0.2) is 42.8 Å². The molecule has 1 heterocycles. The van der Waals surface area contributed by atoms with Gasteiger partial charge < -0.3 is 25.3 Å². The molecule has 0 saturated heterocycles. The van der Waals surface area contributed by atoms with Crippen LogP contribution in [0.25, 0.3) is 0 Å². The van der Waals surface area contributed by atoms with E-state index in [2.05, 4.69) is 5.32 Å². The Bertz CT molecular complexity index is 640. The summed E-state index contributed by atoms with van der Waals surface area (Å²) in [5, 5.41) is 13.6. The van der Waals surface area contributed by atoms with Gasteiger partial charge in [0.05, 0.1) is 11.0 Å². The van der Waals surface area contributed by atoms with Gasteiger partial charge in [0, 0.05) is 29.2 Å². The van der Waals surface area contributed by atoms with E-state index in [0.717, 1.165) is 0 Å². The normalized spacial score (nSPS) is 14.7. The van der Waals surface area contributed by atoms with Crippen LogP contribution in [0.3, 0.4) is 0 Å². The van der Waals surface area contributed by atoms with E-state index in [9.17, 15) is 14.9 Å². The van der Waals surface area contributed by atoms with Crippen LogP contribution in [-0.2, 0) is 4.74 Å². The van der Waals surface area contributed by atoms with Gasteiger partial charge in [-0.15, -0.1) is 0 Å². The zero-order valence-electron chi connectivity index (χ0n) is 14.0. The highest BCUT2D eigenvalue weighted by Gasteiger charge is 2.26. The number of nitro groups is 1. The lowest BCUT2D eigenvalue weighted by Gasteiger charge is -2.13. The van der Waals surface area contributed by atoms with Gasteiger partial charge in [0.2, 0.25) is 6.79 Å². The standard InChI is InChI=1S/C15H21N3O6S/c1-9(16)7-17-15(19)22-3-4-25-10(2)11-5-13-14(24-8-23-13)6-12(11)18(20)21/h5-6,9-10H,3-4,7-8,16H2,1-2H3,(H,17,19)/t9-,10-/m1/s1. The minimum atomic E-state index is -0.528. The largest absolute Gasteiger partial charge is 0.454 e. The van der Waals surface area contributed by atoms with Crippen molar-refractivity contribution in [2.45, 2.75) is 25.1 Å². The molecule has 10 heteroatoms. The number of alkyl carbamates (subject to hydrolysis) is 1. The number of thioether (sulfide) groups is 1. The summed E-state index contributed by atoms with van der Waals surface area (Å²) in [5.41, 5.74) is 6.06. The van der Waals surface area contributed by atoms with Crippen molar-refractivity contribution < 1.29 is 23.9 Å². The van der Waals surface area contributed by atoms with Crippen LogP contribution in [0.15, 0.2) is 12.1 Å². The number of nitro benzene ring substituents is 1. The molecule has 0 radical (unpaired) electrons. The summed E-state index contributed by atoms with van der Waals surface area (Å²) < 4.78 is 15.5. The van der Waals surface area contributed by atoms with Gasteiger partial charge in [-0.3, -0.25) is 10.1 Å². The van der Waals surface area contributed by atoms with E-state index in [0.29, 0.717) is 29.4 Å². The van der Waals surface area contributed by atoms with Gasteiger partial charge in [0.15, 0.2) is 11.5 Å². The number of nitrogens with two attached hydrogens (primary N) is 1. The van der Waals surface area contributed by atoms with E-state index in [4.69, 9.17) is 19.9 Å². The van der Waals surface area contributed by atoms with Crippen LogP contribution in [0, 0.1) is 10.1 Å². The molecule has 1 aliphatic heterocycles. The minimum Gasteiger partial charge on any atom is -0.454 e. The summed E-state index contributed by atoms with van der Waals surface area (Å²) in [5.74, 6) is 1.37. The SMILES string of the molecule is C[C@@H](N)CNC(=O)OCCS[C@H](C)c1cc2c(cc1[N+](=O)[O-])OCO2. The van der Waals surface area contributed by atoms with Gasteiger partial charge in [0.1, 0.15) is 6.61 Å². The third-order valence-electron chi connectivity index (χ3n) is 3.41. The fourth-order valence-corrected chi connectivity index (χ4v) is 3.08. The zero-order chi connectivity index (χ0) is 18.4. The number of carbonyl (C=O) groups is 1. The Morgan fingerprint density at radius 2 is 2.12 bits per heavy atom. The maximum Gasteiger partial charge on any atom is 0.407 e. The number of fused-ring (bicyclic) bond motifs is 1. The monoisotopic (exact) mass is 371 g/mol. The van der Waals surface area contributed by atoms with Crippen LogP contribution in [0.4, 0.5) is 10.5 Å². The van der Waals surface area contributed by atoms with E-state index in [-0.39, 0.29) is 30.4 Å². The Morgan fingerprint density at radius 1 is 1.44 bits per heavy atom. The van der Waals surface area contributed by atoms with Gasteiger partial charge in [-0.2, -0.15) is 11.8 Å². The number of carbonyl (C=O) groups excluding carboxylic acids is 1. The number of hydrogen-bond donors (Lipinski definition) is 2. The first-order chi connectivity index (χ1) is 11.9. The molecule has 1 aromatic rings. The first-order valence-corrected chi connectivity index (χ1v) is 8.79. The second-order valence-electron chi connectivity index (χ2n) is 5.53. The molecule has 1 aromatic carbocycles. The van der Waals surface area contributed by atoms with Crippen molar-refractivity contribution in [2.24, 2.45) is 5.73 Å². The smallest absolute Gasteiger partial charge is 0.407 e. The molecule has 2 atom stereocenters. The highest BCUT2D eigenvalue weighted by molar-refractivity contribution is 7.99. The van der Waals surface area contributed by atoms with Crippen molar-refractivity contribution in [2.75, 3.05) is 25.7 Å². The molecule has 9 nitrogen and oxygen atoms in total. The van der Waals surface area contributed by atoms with E-state index in [1.165, 1.54) is 17.8 Å². The third-order valence-corrected chi connectivity index (χ3v) is 4.57. The Balaban J connectivity index is 1.87. The highest BCUT2D eigenvalue weighted by Crippen LogP contribution is 2.43. The molecule has 0 fully saturated rings. The molecule has 0 unspecified atom stereocenters. The summed E-state index contributed by atoms with van der Waals surface area (Å²) in [6.45, 7) is 4.22. The van der Waals surface area contributed by atoms with Crippen LogP contribution >= 0.6 is 11.8 Å². The highest BCUT2D eigenvalue weighted by atomic mass is 32.2. The Kier molecular flexibility index (Phi) is 6.71. The predicted octanol–water partition coefficient (Wildman–Crippen LogP) is 2.19. The number of nitrogens with one attached hydrogen (secondary N) is 1. The van der Waals surface area contributed by atoms with E-state index in [1.807, 2.05) is 6.92 Å². The molecule has 0 bridgehead atoms. The molecular formula is C15H21N3O6S. The van der Waals surface area contributed by atoms with Crippen molar-refractivity contribution in [3.8, 4) is 11.5 Å². The van der Waals surface area contributed by atoms with Gasteiger partial charge >= 0.3 is 6.09 Å². The number of ether oxygens (including phenoxy) is 3. The van der Waals surface area contributed by atoms with Gasteiger partial charge in [-0.1, -0.05) is 0 Å². The molecule has 0 aliphatic carbocycles. The lowest BCUT2D eigenvalue weighted by Crippen LogP contribution is -2.35. The Hall–Kier alpha value is -2.20. The molecule has 0 spiro atoms. The van der Waals surface area contributed by atoms with E-state index < -0.39 is 11.0 Å². The fraction of sp³-hybridized carbons (Fsp3) is 0.533. The number of rotatable bonds is 8. The maximum atomic E-state index is 11.4. The van der Waals surface area contributed by atoms with E-state index >= 15 is 0 Å². The fourth-order valence-electron chi connectivity index (χ4n) is 2.18. The van der Waals surface area contributed by atoms with Crippen molar-refractivity contribution in [3.63, 3.8) is 0 Å². The molecule has 2 rings (SSSR count). The first-order valence-electron chi connectivity index (χ1n) is 7.74. The lowest BCUT2D eigenvalue weighted by atomic mass is 10.1. The lowest BCUT2D eigenvalue weighted by molar-refractivity contribution is -0.385. The Labute approximate surface area is 149 Å². The predicted molar refractivity (Wildman–Crippen MR) is 93.1 cm³/mol. The molecule has 1 aliphatic rings. The zero-order valence-corrected chi connectivity index (χ0v) is 14.8. The van der Waals surface area contributed by atoms with Crippen molar-refractivity contribution in [1.29, 1.82) is 0 Å². The number of amides is 1. The molecule has 0 aromatic heterocycles. The number of nitrogens with zero attached hydrogens (tertiary/aromatic N) is 1. The van der Waals surface area contributed by atoms with Crippen LogP contribution in [0.1, 0.15) is 24.7 Å². The van der Waals surface area contributed by atoms with Gasteiger partial charge in [-0.05, 0) is 19.9 Å². The van der Waals surface area contributed by atoms with Crippen molar-refractivity contribution >= 4 is 23.5 Å². The summed E-state index contributed by atoms with van der Waals surface area (Å²) in [6.07, 6.45) is -0.528. The van der Waals surface area contributed by atoms with Crippen LogP contribution < -0.4 is 20.5 Å². The summed E-state index contributed by atoms with van der Waals surface area (Å²) in [4.78, 5) is 22.3. The quantitative estimate of drug-likeness (QED) is 0.404. The average Bonchev–Trinajstić information content (AvgIpc) is 3.02. The summed E-state index contributed by atoms with van der Waals surface area (Å²) in [7, 11) is 0. The molecule has 25 heavy (non-hydrogen) atoms. The summed E-state index contributed by atoms with van der Waals surface area (Å²) in [6, 6.07) is 2.87. The topological polar surface area (TPSA) is 126 Å². The molecule has 3 N–H and O–H groups in total. The van der Waals surface area contributed by atoms with Gasteiger partial charge in [-0.25, -0.2) is 4.79 Å². The van der Waals surface area contributed by atoms with Crippen molar-refractivity contribution in [3.05, 3.63) is 27.8 Å². The minimum absolute atomic E-state index is 0.0140. The van der Waals surface area contributed by atoms with E-state index in [1.54, 1.807) is 13.0 Å².